The zero-order valence-corrected chi connectivity index (χ0v) is 18.4. The van der Waals surface area contributed by atoms with Gasteiger partial charge in [-0.2, -0.15) is 0 Å². The first-order valence-corrected chi connectivity index (χ1v) is 11.4. The molecular formula is C23H34ClN3O2. The molecule has 0 radical (unpaired) electrons. The molecule has 0 aromatic heterocycles. The van der Waals surface area contributed by atoms with Crippen molar-refractivity contribution in [2.24, 2.45) is 5.92 Å². The smallest absolute Gasteiger partial charge is 0.222 e. The van der Waals surface area contributed by atoms with Gasteiger partial charge in [0.25, 0.3) is 0 Å². The second kappa shape index (κ2) is 11.0. The number of hydrogen-bond acceptors (Lipinski definition) is 3. The van der Waals surface area contributed by atoms with E-state index in [0.717, 1.165) is 76.4 Å². The van der Waals surface area contributed by atoms with Crippen molar-refractivity contribution in [3.8, 4) is 0 Å². The number of carbonyl (C=O) groups is 2. The first-order chi connectivity index (χ1) is 14.0. The van der Waals surface area contributed by atoms with Gasteiger partial charge in [0.1, 0.15) is 0 Å². The first-order valence-electron chi connectivity index (χ1n) is 11.0. The number of hydrogen-bond donors (Lipinski definition) is 0. The van der Waals surface area contributed by atoms with E-state index in [2.05, 4.69) is 11.9 Å². The number of likely N-dealkylation sites (N-methyl/N-ethyl adjacent to an activating group) is 1. The molecule has 2 aliphatic heterocycles. The third kappa shape index (κ3) is 7.00. The highest BCUT2D eigenvalue weighted by atomic mass is 35.5. The molecule has 0 unspecified atom stereocenters. The van der Waals surface area contributed by atoms with Gasteiger partial charge in [-0.1, -0.05) is 23.7 Å². The number of rotatable bonds is 7. The number of likely N-dealkylation sites (tertiary alicyclic amines) is 1. The molecule has 2 fully saturated rings. The van der Waals surface area contributed by atoms with Crippen molar-refractivity contribution in [3.05, 3.63) is 34.9 Å². The Morgan fingerprint density at radius 3 is 2.38 bits per heavy atom. The number of amides is 2. The summed E-state index contributed by atoms with van der Waals surface area (Å²) >= 11 is 5.92. The summed E-state index contributed by atoms with van der Waals surface area (Å²) in [5.74, 6) is 0.999. The number of nitrogens with zero attached hydrogens (tertiary/aromatic N) is 3. The minimum absolute atomic E-state index is 0.258. The van der Waals surface area contributed by atoms with Gasteiger partial charge < -0.3 is 14.7 Å². The minimum Gasteiger partial charge on any atom is -0.342 e. The highest BCUT2D eigenvalue weighted by molar-refractivity contribution is 6.30. The molecule has 1 atom stereocenters. The average molecular weight is 420 g/mol. The van der Waals surface area contributed by atoms with E-state index in [0.29, 0.717) is 18.8 Å². The van der Waals surface area contributed by atoms with Crippen LogP contribution in [0.3, 0.4) is 0 Å². The van der Waals surface area contributed by atoms with Crippen LogP contribution < -0.4 is 0 Å². The molecule has 1 aromatic rings. The lowest BCUT2D eigenvalue weighted by Gasteiger charge is -2.34. The Kier molecular flexibility index (Phi) is 8.37. The monoisotopic (exact) mass is 419 g/mol. The molecule has 2 amide bonds. The summed E-state index contributed by atoms with van der Waals surface area (Å²) in [5, 5.41) is 0.746. The lowest BCUT2D eigenvalue weighted by molar-refractivity contribution is -0.133. The van der Waals surface area contributed by atoms with Crippen LogP contribution >= 0.6 is 11.6 Å². The van der Waals surface area contributed by atoms with Crippen LogP contribution in [0.25, 0.3) is 0 Å². The molecule has 6 heteroatoms. The third-order valence-electron chi connectivity index (χ3n) is 6.26. The maximum Gasteiger partial charge on any atom is 0.222 e. The zero-order valence-electron chi connectivity index (χ0n) is 17.6. The fourth-order valence-electron chi connectivity index (χ4n) is 4.32. The van der Waals surface area contributed by atoms with E-state index in [-0.39, 0.29) is 11.8 Å². The Balaban J connectivity index is 1.36. The quantitative estimate of drug-likeness (QED) is 0.679. The van der Waals surface area contributed by atoms with Gasteiger partial charge in [-0.05, 0) is 62.8 Å². The molecule has 0 saturated carbocycles. The fourth-order valence-corrected chi connectivity index (χ4v) is 4.45. The van der Waals surface area contributed by atoms with Crippen LogP contribution in [-0.2, 0) is 16.0 Å². The van der Waals surface area contributed by atoms with E-state index in [9.17, 15) is 9.59 Å². The summed E-state index contributed by atoms with van der Waals surface area (Å²) in [6.45, 7) is 5.30. The van der Waals surface area contributed by atoms with Crippen LogP contribution in [0.4, 0.5) is 0 Å². The average Bonchev–Trinajstić information content (AvgIpc) is 2.74. The van der Waals surface area contributed by atoms with Crippen molar-refractivity contribution >= 4 is 23.4 Å². The summed E-state index contributed by atoms with van der Waals surface area (Å²) in [4.78, 5) is 31.4. The van der Waals surface area contributed by atoms with Gasteiger partial charge in [0, 0.05) is 57.1 Å². The van der Waals surface area contributed by atoms with Crippen molar-refractivity contribution < 1.29 is 9.59 Å². The van der Waals surface area contributed by atoms with Gasteiger partial charge in [0.2, 0.25) is 11.8 Å². The molecule has 160 valence electrons. The molecule has 0 bridgehead atoms. The van der Waals surface area contributed by atoms with Crippen molar-refractivity contribution in [2.45, 2.75) is 44.9 Å². The number of carbonyl (C=O) groups excluding carboxylic acids is 2. The third-order valence-corrected chi connectivity index (χ3v) is 6.52. The molecule has 29 heavy (non-hydrogen) atoms. The molecule has 2 aliphatic rings. The fraction of sp³-hybridized carbons (Fsp3) is 0.652. The summed E-state index contributed by atoms with van der Waals surface area (Å²) in [6.07, 6.45) is 6.06. The Morgan fingerprint density at radius 1 is 0.966 bits per heavy atom. The molecule has 0 spiro atoms. The Morgan fingerprint density at radius 2 is 1.66 bits per heavy atom. The van der Waals surface area contributed by atoms with E-state index in [1.165, 1.54) is 5.56 Å². The molecule has 0 N–H and O–H groups in total. The van der Waals surface area contributed by atoms with Gasteiger partial charge in [-0.3, -0.25) is 9.59 Å². The Hall–Kier alpha value is -1.59. The maximum absolute atomic E-state index is 12.6. The van der Waals surface area contributed by atoms with E-state index in [4.69, 9.17) is 11.6 Å². The number of piperidine rings is 1. The topological polar surface area (TPSA) is 43.9 Å². The van der Waals surface area contributed by atoms with Crippen LogP contribution in [0.5, 0.6) is 0 Å². The molecule has 3 rings (SSSR count). The number of piperazine rings is 1. The van der Waals surface area contributed by atoms with Crippen LogP contribution in [0.15, 0.2) is 24.3 Å². The van der Waals surface area contributed by atoms with Crippen LogP contribution in [0, 0.1) is 5.92 Å². The Labute approximate surface area is 180 Å². The molecule has 2 heterocycles. The second-order valence-electron chi connectivity index (χ2n) is 8.55. The van der Waals surface area contributed by atoms with Crippen LogP contribution in [0.1, 0.15) is 44.1 Å². The maximum atomic E-state index is 12.6. The van der Waals surface area contributed by atoms with E-state index >= 15 is 0 Å². The normalized spacial score (nSPS) is 20.7. The predicted molar refractivity (Wildman–Crippen MR) is 117 cm³/mol. The lowest BCUT2D eigenvalue weighted by Crippen LogP contribution is -2.47. The number of aryl methyl sites for hydroxylation is 1. The highest BCUT2D eigenvalue weighted by Gasteiger charge is 2.25. The molecular weight excluding hydrogens is 386 g/mol. The van der Waals surface area contributed by atoms with Gasteiger partial charge in [0.15, 0.2) is 0 Å². The van der Waals surface area contributed by atoms with Gasteiger partial charge >= 0.3 is 0 Å². The van der Waals surface area contributed by atoms with Gasteiger partial charge in [-0.15, -0.1) is 0 Å². The standard InChI is InChI=1S/C23H34ClN3O2/c1-25-14-16-26(17-15-25)23(29)12-9-20-5-3-13-27(18-20)22(28)6-2-4-19-7-10-21(24)11-8-19/h7-8,10-11,20H,2-6,9,12-18H2,1H3/t20-/m1/s1. The lowest BCUT2D eigenvalue weighted by atomic mass is 9.92. The molecule has 1 aromatic carbocycles. The molecule has 0 aliphatic carbocycles. The van der Waals surface area contributed by atoms with Gasteiger partial charge in [-0.25, -0.2) is 0 Å². The first kappa shape index (κ1) is 22.1. The zero-order chi connectivity index (χ0) is 20.6. The second-order valence-corrected chi connectivity index (χ2v) is 8.99. The highest BCUT2D eigenvalue weighted by Crippen LogP contribution is 2.23. The van der Waals surface area contributed by atoms with Gasteiger partial charge in [0.05, 0.1) is 0 Å². The summed E-state index contributed by atoms with van der Waals surface area (Å²) < 4.78 is 0. The van der Waals surface area contributed by atoms with Crippen molar-refractivity contribution in [1.29, 1.82) is 0 Å². The summed E-state index contributed by atoms with van der Waals surface area (Å²) in [7, 11) is 2.10. The predicted octanol–water partition coefficient (Wildman–Crippen LogP) is 3.46. The van der Waals surface area contributed by atoms with Crippen molar-refractivity contribution in [1.82, 2.24) is 14.7 Å². The number of benzene rings is 1. The largest absolute Gasteiger partial charge is 0.342 e. The van der Waals surface area contributed by atoms with E-state index in [1.807, 2.05) is 34.1 Å². The van der Waals surface area contributed by atoms with Crippen molar-refractivity contribution in [3.63, 3.8) is 0 Å². The molecule has 2 saturated heterocycles. The minimum atomic E-state index is 0.258. The Bertz CT molecular complexity index is 671. The van der Waals surface area contributed by atoms with E-state index < -0.39 is 0 Å². The summed E-state index contributed by atoms with van der Waals surface area (Å²) in [5.41, 5.74) is 1.22. The van der Waals surface area contributed by atoms with Crippen LogP contribution in [-0.4, -0.2) is 72.8 Å². The number of halogens is 1. The van der Waals surface area contributed by atoms with E-state index in [1.54, 1.807) is 0 Å². The SMILES string of the molecule is CN1CCN(C(=O)CC[C@H]2CCCN(C(=O)CCCc3ccc(Cl)cc3)C2)CC1. The van der Waals surface area contributed by atoms with Crippen LogP contribution in [0.2, 0.25) is 5.02 Å². The van der Waals surface area contributed by atoms with Crippen molar-refractivity contribution in [2.75, 3.05) is 46.3 Å². The molecule has 5 nitrogen and oxygen atoms in total. The summed E-state index contributed by atoms with van der Waals surface area (Å²) in [6, 6.07) is 7.86.